The van der Waals surface area contributed by atoms with Gasteiger partial charge in [0.1, 0.15) is 0 Å². The predicted molar refractivity (Wildman–Crippen MR) is 102 cm³/mol. The second kappa shape index (κ2) is 9.90. The molecule has 0 aromatic heterocycles. The second-order valence-corrected chi connectivity index (χ2v) is 8.93. The summed E-state index contributed by atoms with van der Waals surface area (Å²) in [4.78, 5) is 0. The van der Waals surface area contributed by atoms with Crippen LogP contribution in [-0.4, -0.2) is 0 Å². The molecule has 0 saturated heterocycles. The molecule has 0 spiro atoms. The molecule has 132 valence electrons. The lowest BCUT2D eigenvalue weighted by atomic mass is 9.75. The van der Waals surface area contributed by atoms with Crippen LogP contribution in [0.3, 0.4) is 0 Å². The summed E-state index contributed by atoms with van der Waals surface area (Å²) in [5, 5.41) is 0. The van der Waals surface area contributed by atoms with Gasteiger partial charge in [0.15, 0.2) is 0 Å². The molecule has 3 rings (SSSR count). The normalized spacial score (nSPS) is 27.5. The van der Waals surface area contributed by atoms with E-state index in [-0.39, 0.29) is 0 Å². The van der Waals surface area contributed by atoms with E-state index in [9.17, 15) is 0 Å². The lowest BCUT2D eigenvalue weighted by Gasteiger charge is -2.31. The maximum Gasteiger partial charge on any atom is -0.0205 e. The van der Waals surface area contributed by atoms with Crippen molar-refractivity contribution in [2.45, 2.75) is 109 Å². The van der Waals surface area contributed by atoms with Gasteiger partial charge < -0.3 is 0 Å². The van der Waals surface area contributed by atoms with Gasteiger partial charge in [-0.1, -0.05) is 82.8 Å². The summed E-state index contributed by atoms with van der Waals surface area (Å²) in [6.45, 7) is 0. The van der Waals surface area contributed by atoms with E-state index in [0.717, 1.165) is 23.7 Å². The molecule has 0 heterocycles. The highest BCUT2D eigenvalue weighted by Crippen LogP contribution is 2.37. The summed E-state index contributed by atoms with van der Waals surface area (Å²) in [6, 6.07) is 0. The summed E-state index contributed by atoms with van der Waals surface area (Å²) in [5.41, 5.74) is 0. The van der Waals surface area contributed by atoms with Crippen LogP contribution in [0, 0.1) is 23.7 Å². The fraction of sp³-hybridized carbons (Fsp3) is 0.913. The highest BCUT2D eigenvalue weighted by atomic mass is 14.3. The first-order valence-electron chi connectivity index (χ1n) is 11.1. The molecule has 3 saturated carbocycles. The van der Waals surface area contributed by atoms with Crippen LogP contribution in [0.4, 0.5) is 0 Å². The Kier molecular flexibility index (Phi) is 7.56. The third kappa shape index (κ3) is 5.95. The Hall–Kier alpha value is -0.260. The van der Waals surface area contributed by atoms with Crippen molar-refractivity contribution in [3.8, 4) is 0 Å². The molecule has 0 bridgehead atoms. The van der Waals surface area contributed by atoms with Crippen molar-refractivity contribution in [1.82, 2.24) is 0 Å². The van der Waals surface area contributed by atoms with Gasteiger partial charge in [-0.2, -0.15) is 0 Å². The number of allylic oxidation sites excluding steroid dienone is 2. The van der Waals surface area contributed by atoms with Gasteiger partial charge in [0.2, 0.25) is 0 Å². The van der Waals surface area contributed by atoms with Crippen molar-refractivity contribution in [2.75, 3.05) is 0 Å². The fourth-order valence-corrected chi connectivity index (χ4v) is 5.58. The van der Waals surface area contributed by atoms with Crippen molar-refractivity contribution >= 4 is 0 Å². The van der Waals surface area contributed by atoms with Crippen molar-refractivity contribution in [1.29, 1.82) is 0 Å². The Morgan fingerprint density at radius 1 is 0.652 bits per heavy atom. The van der Waals surface area contributed by atoms with E-state index in [1.165, 1.54) is 109 Å². The van der Waals surface area contributed by atoms with Crippen LogP contribution in [0.15, 0.2) is 12.2 Å². The van der Waals surface area contributed by atoms with Crippen LogP contribution in [-0.2, 0) is 0 Å². The lowest BCUT2D eigenvalue weighted by molar-refractivity contribution is 0.245. The molecule has 0 aliphatic heterocycles. The third-order valence-corrected chi connectivity index (χ3v) is 7.17. The van der Waals surface area contributed by atoms with Gasteiger partial charge in [-0.3, -0.25) is 0 Å². The molecule has 0 aromatic rings. The minimum absolute atomic E-state index is 0.916. The largest absolute Gasteiger partial charge is 0.0851 e. The SMILES string of the molecule is C(=C\C(CCC1CCCCC1)C1CCCCC1)/C1CCCCC1. The Morgan fingerprint density at radius 3 is 1.87 bits per heavy atom. The average Bonchev–Trinajstić information content (AvgIpc) is 2.64. The van der Waals surface area contributed by atoms with Crippen LogP contribution >= 0.6 is 0 Å². The van der Waals surface area contributed by atoms with Gasteiger partial charge in [-0.25, -0.2) is 0 Å². The third-order valence-electron chi connectivity index (χ3n) is 7.17. The molecule has 0 radical (unpaired) electrons. The molecule has 3 aliphatic rings. The molecular formula is C23H40. The average molecular weight is 317 g/mol. The van der Waals surface area contributed by atoms with Gasteiger partial charge in [0.05, 0.1) is 0 Å². The summed E-state index contributed by atoms with van der Waals surface area (Å²) in [6.07, 6.45) is 30.9. The maximum absolute atomic E-state index is 2.72. The highest BCUT2D eigenvalue weighted by Gasteiger charge is 2.23. The monoisotopic (exact) mass is 316 g/mol. The first kappa shape index (κ1) is 17.6. The van der Waals surface area contributed by atoms with E-state index < -0.39 is 0 Å². The molecular weight excluding hydrogens is 276 g/mol. The molecule has 3 aliphatic carbocycles. The minimum Gasteiger partial charge on any atom is -0.0851 e. The molecule has 0 heteroatoms. The first-order chi connectivity index (χ1) is 11.4. The molecule has 0 amide bonds. The van der Waals surface area contributed by atoms with E-state index >= 15 is 0 Å². The van der Waals surface area contributed by atoms with Crippen molar-refractivity contribution in [3.05, 3.63) is 12.2 Å². The number of rotatable bonds is 6. The van der Waals surface area contributed by atoms with Gasteiger partial charge in [0.25, 0.3) is 0 Å². The minimum atomic E-state index is 0.916. The second-order valence-electron chi connectivity index (χ2n) is 8.93. The zero-order valence-electron chi connectivity index (χ0n) is 15.5. The van der Waals surface area contributed by atoms with Gasteiger partial charge in [0, 0.05) is 0 Å². The Balaban J connectivity index is 1.52. The number of hydrogen-bond donors (Lipinski definition) is 0. The van der Waals surface area contributed by atoms with Crippen molar-refractivity contribution in [3.63, 3.8) is 0 Å². The molecule has 1 unspecified atom stereocenters. The lowest BCUT2D eigenvalue weighted by Crippen LogP contribution is -2.18. The van der Waals surface area contributed by atoms with Crippen molar-refractivity contribution in [2.24, 2.45) is 23.7 Å². The Labute approximate surface area is 145 Å². The summed E-state index contributed by atoms with van der Waals surface area (Å²) >= 11 is 0. The Morgan fingerprint density at radius 2 is 1.22 bits per heavy atom. The van der Waals surface area contributed by atoms with Gasteiger partial charge >= 0.3 is 0 Å². The van der Waals surface area contributed by atoms with E-state index in [4.69, 9.17) is 0 Å². The topological polar surface area (TPSA) is 0 Å². The summed E-state index contributed by atoms with van der Waals surface area (Å²) in [5.74, 6) is 3.92. The van der Waals surface area contributed by atoms with Gasteiger partial charge in [-0.15, -0.1) is 0 Å². The standard InChI is InChI=1S/C23H40/c1-4-10-20(11-5-1)16-18-23(22-14-8-3-9-15-22)19-17-21-12-6-2-7-13-21/h16,18,20-23H,1-15,17,19H2/b18-16+. The van der Waals surface area contributed by atoms with Crippen LogP contribution in [0.1, 0.15) is 109 Å². The zero-order valence-corrected chi connectivity index (χ0v) is 15.5. The molecule has 0 N–H and O–H groups in total. The molecule has 1 atom stereocenters. The molecule has 23 heavy (non-hydrogen) atoms. The zero-order chi connectivity index (χ0) is 15.7. The van der Waals surface area contributed by atoms with E-state index in [0.29, 0.717) is 0 Å². The van der Waals surface area contributed by atoms with Crippen LogP contribution in [0.2, 0.25) is 0 Å². The van der Waals surface area contributed by atoms with E-state index in [1.807, 2.05) is 0 Å². The molecule has 0 aromatic carbocycles. The number of hydrogen-bond acceptors (Lipinski definition) is 0. The van der Waals surface area contributed by atoms with Gasteiger partial charge in [-0.05, 0) is 62.2 Å². The van der Waals surface area contributed by atoms with Crippen LogP contribution in [0.25, 0.3) is 0 Å². The Bertz CT molecular complexity index is 324. The maximum atomic E-state index is 2.72. The van der Waals surface area contributed by atoms with Crippen LogP contribution in [0.5, 0.6) is 0 Å². The quantitative estimate of drug-likeness (QED) is 0.441. The predicted octanol–water partition coefficient (Wildman–Crippen LogP) is 7.68. The van der Waals surface area contributed by atoms with Crippen LogP contribution < -0.4 is 0 Å². The smallest absolute Gasteiger partial charge is 0.0205 e. The van der Waals surface area contributed by atoms with E-state index in [1.54, 1.807) is 0 Å². The summed E-state index contributed by atoms with van der Waals surface area (Å²) < 4.78 is 0. The van der Waals surface area contributed by atoms with E-state index in [2.05, 4.69) is 12.2 Å². The first-order valence-corrected chi connectivity index (χ1v) is 11.1. The van der Waals surface area contributed by atoms with Crippen molar-refractivity contribution < 1.29 is 0 Å². The summed E-state index contributed by atoms with van der Waals surface area (Å²) in [7, 11) is 0. The highest BCUT2D eigenvalue weighted by molar-refractivity contribution is 4.97. The molecule has 0 nitrogen and oxygen atoms in total. The fourth-order valence-electron chi connectivity index (χ4n) is 5.58. The molecule has 3 fully saturated rings.